The van der Waals surface area contributed by atoms with E-state index in [1.54, 1.807) is 11.3 Å². The van der Waals surface area contributed by atoms with Gasteiger partial charge in [0.1, 0.15) is 0 Å². The smallest absolute Gasteiger partial charge is 0.264 e. The fourth-order valence-electron chi connectivity index (χ4n) is 5.43. The molecule has 0 N–H and O–H groups in total. The van der Waals surface area contributed by atoms with Gasteiger partial charge in [-0.1, -0.05) is 20.8 Å². The van der Waals surface area contributed by atoms with Crippen molar-refractivity contribution in [1.29, 1.82) is 0 Å². The molecule has 1 aromatic heterocycles. The lowest BCUT2D eigenvalue weighted by molar-refractivity contribution is 0.0713. The largest absolute Gasteiger partial charge is 0.334 e. The normalized spacial score (nSPS) is 32.9. The molecular weight excluding hydrogens is 290 g/mol. The van der Waals surface area contributed by atoms with Crippen molar-refractivity contribution in [2.75, 3.05) is 6.54 Å². The first kappa shape index (κ1) is 14.7. The Bertz CT molecular complexity index is 593. The summed E-state index contributed by atoms with van der Waals surface area (Å²) in [5, 5.41) is 0. The molecule has 1 saturated carbocycles. The second kappa shape index (κ2) is 4.83. The van der Waals surface area contributed by atoms with Crippen molar-refractivity contribution in [2.45, 2.75) is 71.8 Å². The number of amides is 1. The molecule has 0 radical (unpaired) electrons. The molecule has 2 fully saturated rings. The van der Waals surface area contributed by atoms with Gasteiger partial charge in [0.2, 0.25) is 0 Å². The van der Waals surface area contributed by atoms with E-state index >= 15 is 0 Å². The van der Waals surface area contributed by atoms with Crippen LogP contribution in [-0.4, -0.2) is 23.4 Å². The Balaban J connectivity index is 1.60. The van der Waals surface area contributed by atoms with Gasteiger partial charge < -0.3 is 4.90 Å². The first-order chi connectivity index (χ1) is 10.4. The van der Waals surface area contributed by atoms with Crippen LogP contribution in [0.25, 0.3) is 0 Å². The van der Waals surface area contributed by atoms with Crippen molar-refractivity contribution >= 4 is 17.2 Å². The number of hydrogen-bond donors (Lipinski definition) is 0. The maximum absolute atomic E-state index is 13.1. The fraction of sp³-hybridized carbons (Fsp3) is 0.737. The minimum Gasteiger partial charge on any atom is -0.334 e. The first-order valence-electron chi connectivity index (χ1n) is 8.78. The highest BCUT2D eigenvalue weighted by atomic mass is 32.1. The molecule has 1 saturated heterocycles. The third kappa shape index (κ3) is 2.42. The van der Waals surface area contributed by atoms with Crippen molar-refractivity contribution in [2.24, 2.45) is 10.8 Å². The van der Waals surface area contributed by atoms with E-state index < -0.39 is 0 Å². The van der Waals surface area contributed by atoms with Crippen molar-refractivity contribution in [3.8, 4) is 0 Å². The molecule has 3 heteroatoms. The highest BCUT2D eigenvalue weighted by Gasteiger charge is 2.51. The van der Waals surface area contributed by atoms with Crippen LogP contribution in [0.5, 0.6) is 0 Å². The Morgan fingerprint density at radius 3 is 2.77 bits per heavy atom. The lowest BCUT2D eigenvalue weighted by Gasteiger charge is -2.39. The summed E-state index contributed by atoms with van der Waals surface area (Å²) in [4.78, 5) is 17.8. The van der Waals surface area contributed by atoms with E-state index in [1.165, 1.54) is 55.4 Å². The maximum Gasteiger partial charge on any atom is 0.264 e. The predicted octanol–water partition coefficient (Wildman–Crippen LogP) is 4.67. The highest BCUT2D eigenvalue weighted by Crippen LogP contribution is 2.52. The van der Waals surface area contributed by atoms with Crippen LogP contribution in [0, 0.1) is 10.8 Å². The standard InChI is InChI=1S/C19H27NOS/c1-18(2)9-14-10-19(3,11-18)12-20(14)17(21)16-8-13-6-4-5-7-15(13)22-16/h8,14H,4-7,9-12H2,1-3H3. The molecule has 2 heterocycles. The van der Waals surface area contributed by atoms with Gasteiger partial charge >= 0.3 is 0 Å². The van der Waals surface area contributed by atoms with Crippen LogP contribution in [0.15, 0.2) is 6.07 Å². The Morgan fingerprint density at radius 1 is 1.23 bits per heavy atom. The summed E-state index contributed by atoms with van der Waals surface area (Å²) >= 11 is 1.77. The summed E-state index contributed by atoms with van der Waals surface area (Å²) in [7, 11) is 0. The van der Waals surface area contributed by atoms with Gasteiger partial charge in [-0.05, 0) is 67.4 Å². The SMILES string of the molecule is CC1(C)CC2CC(C)(CN2C(=O)c2cc3c(s2)CCCC3)C1. The van der Waals surface area contributed by atoms with Crippen LogP contribution in [0.2, 0.25) is 0 Å². The van der Waals surface area contributed by atoms with Gasteiger partial charge in [-0.2, -0.15) is 0 Å². The number of thiophene rings is 1. The van der Waals surface area contributed by atoms with Crippen LogP contribution < -0.4 is 0 Å². The van der Waals surface area contributed by atoms with E-state index in [2.05, 4.69) is 31.7 Å². The van der Waals surface area contributed by atoms with E-state index in [9.17, 15) is 4.79 Å². The number of carbonyl (C=O) groups excluding carboxylic acids is 1. The molecule has 4 rings (SSSR count). The molecule has 2 aliphatic carbocycles. The van der Waals surface area contributed by atoms with Crippen LogP contribution in [0.4, 0.5) is 0 Å². The van der Waals surface area contributed by atoms with Crippen molar-refractivity contribution in [1.82, 2.24) is 4.90 Å². The molecule has 0 spiro atoms. The quantitative estimate of drug-likeness (QED) is 0.737. The topological polar surface area (TPSA) is 20.3 Å². The minimum absolute atomic E-state index is 0.311. The first-order valence-corrected chi connectivity index (χ1v) is 9.60. The molecular formula is C19H27NOS. The van der Waals surface area contributed by atoms with E-state index in [-0.39, 0.29) is 0 Å². The number of likely N-dealkylation sites (tertiary alicyclic amines) is 1. The van der Waals surface area contributed by atoms with E-state index in [4.69, 9.17) is 0 Å². The lowest BCUT2D eigenvalue weighted by atomic mass is 9.65. The Labute approximate surface area is 137 Å². The molecule has 3 aliphatic rings. The lowest BCUT2D eigenvalue weighted by Crippen LogP contribution is -2.37. The number of hydrogen-bond acceptors (Lipinski definition) is 2. The van der Waals surface area contributed by atoms with Crippen molar-refractivity contribution < 1.29 is 4.79 Å². The predicted molar refractivity (Wildman–Crippen MR) is 91.5 cm³/mol. The second-order valence-electron chi connectivity index (χ2n) is 8.91. The van der Waals surface area contributed by atoms with E-state index in [0.717, 1.165) is 11.4 Å². The molecule has 22 heavy (non-hydrogen) atoms. The van der Waals surface area contributed by atoms with E-state index in [1.807, 2.05) is 0 Å². The Kier molecular flexibility index (Phi) is 3.24. The third-order valence-corrected chi connectivity index (χ3v) is 7.11. The zero-order valence-corrected chi connectivity index (χ0v) is 14.9. The molecule has 1 amide bonds. The zero-order valence-electron chi connectivity index (χ0n) is 14.1. The summed E-state index contributed by atoms with van der Waals surface area (Å²) in [6, 6.07) is 2.66. The van der Waals surface area contributed by atoms with Crippen molar-refractivity contribution in [3.05, 3.63) is 21.4 Å². The van der Waals surface area contributed by atoms with Crippen LogP contribution >= 0.6 is 11.3 Å². The summed E-state index contributed by atoms with van der Waals surface area (Å²) in [6.45, 7) is 8.08. The molecule has 2 unspecified atom stereocenters. The van der Waals surface area contributed by atoms with Gasteiger partial charge in [-0.15, -0.1) is 11.3 Å². The van der Waals surface area contributed by atoms with Gasteiger partial charge in [0.25, 0.3) is 5.91 Å². The fourth-order valence-corrected chi connectivity index (χ4v) is 6.64. The third-order valence-electron chi connectivity index (χ3n) is 5.88. The van der Waals surface area contributed by atoms with Crippen LogP contribution in [-0.2, 0) is 12.8 Å². The molecule has 2 nitrogen and oxygen atoms in total. The molecule has 2 atom stereocenters. The average Bonchev–Trinajstić information content (AvgIpc) is 2.95. The summed E-state index contributed by atoms with van der Waals surface area (Å²) in [6.07, 6.45) is 8.55. The molecule has 0 aromatic carbocycles. The molecule has 2 bridgehead atoms. The summed E-state index contributed by atoms with van der Waals surface area (Å²) in [5.41, 5.74) is 2.16. The monoisotopic (exact) mass is 317 g/mol. The second-order valence-corrected chi connectivity index (χ2v) is 10.0. The number of carbonyl (C=O) groups is 1. The van der Waals surface area contributed by atoms with Crippen molar-refractivity contribution in [3.63, 3.8) is 0 Å². The summed E-state index contributed by atoms with van der Waals surface area (Å²) < 4.78 is 0. The zero-order chi connectivity index (χ0) is 15.5. The number of rotatable bonds is 1. The van der Waals surface area contributed by atoms with Gasteiger partial charge in [0.15, 0.2) is 0 Å². The molecule has 120 valence electrons. The van der Waals surface area contributed by atoms with Gasteiger partial charge in [-0.3, -0.25) is 4.79 Å². The molecule has 1 aromatic rings. The Hall–Kier alpha value is -0.830. The number of fused-ring (bicyclic) bond motifs is 3. The van der Waals surface area contributed by atoms with Gasteiger partial charge in [0, 0.05) is 17.5 Å². The number of nitrogens with zero attached hydrogens (tertiary/aromatic N) is 1. The Morgan fingerprint density at radius 2 is 2.00 bits per heavy atom. The summed E-state index contributed by atoms with van der Waals surface area (Å²) in [5.74, 6) is 0.311. The van der Waals surface area contributed by atoms with Gasteiger partial charge in [0.05, 0.1) is 4.88 Å². The number of aryl methyl sites for hydroxylation is 2. The average molecular weight is 317 g/mol. The van der Waals surface area contributed by atoms with Gasteiger partial charge in [-0.25, -0.2) is 0 Å². The van der Waals surface area contributed by atoms with Crippen LogP contribution in [0.3, 0.4) is 0 Å². The van der Waals surface area contributed by atoms with Crippen LogP contribution in [0.1, 0.15) is 73.0 Å². The van der Waals surface area contributed by atoms with E-state index in [0.29, 0.717) is 22.8 Å². The highest BCUT2D eigenvalue weighted by molar-refractivity contribution is 7.14. The maximum atomic E-state index is 13.1. The minimum atomic E-state index is 0.311. The molecule has 1 aliphatic heterocycles.